The third-order valence-corrected chi connectivity index (χ3v) is 2.79. The van der Waals surface area contributed by atoms with Gasteiger partial charge in [-0.3, -0.25) is 9.52 Å². The zero-order valence-corrected chi connectivity index (χ0v) is 10.8. The number of nitrogens with one attached hydrogen (secondary N) is 1. The van der Waals surface area contributed by atoms with Crippen LogP contribution in [0.2, 0.25) is 0 Å². The second-order valence-electron chi connectivity index (χ2n) is 2.85. The highest BCUT2D eigenvalue weighted by atomic mass is 35.6. The molecule has 0 bridgehead atoms. The second kappa shape index (κ2) is 5.30. The molecule has 0 heterocycles. The molecule has 1 N–H and O–H groups in total. The molecule has 2 nitrogen and oxygen atoms in total. The molecular formula is C9H8Cl3NOS. The lowest BCUT2D eigenvalue weighted by Gasteiger charge is -2.10. The molecule has 15 heavy (non-hydrogen) atoms. The van der Waals surface area contributed by atoms with Crippen LogP contribution in [0.4, 0.5) is 0 Å². The first kappa shape index (κ1) is 13.0. The Kier molecular flexibility index (Phi) is 4.59. The fourth-order valence-electron chi connectivity index (χ4n) is 0.868. The molecule has 0 fully saturated rings. The van der Waals surface area contributed by atoms with Gasteiger partial charge in [0.25, 0.3) is 9.03 Å². The summed E-state index contributed by atoms with van der Waals surface area (Å²) in [5.41, 5.74) is 1.61. The third kappa shape index (κ3) is 4.98. The number of rotatable bonds is 2. The number of carbonyl (C=O) groups is 1. The standard InChI is InChI=1S/C9H8Cl3NOS/c1-6-2-4-7(5-3-6)8(14)13-15-9(10,11)12/h2-5H,1H3,(H,13,14). The van der Waals surface area contributed by atoms with Gasteiger partial charge in [-0.2, -0.15) is 0 Å². The number of hydrogen-bond donors (Lipinski definition) is 1. The summed E-state index contributed by atoms with van der Waals surface area (Å²) in [6, 6.07) is 7.11. The highest BCUT2D eigenvalue weighted by Crippen LogP contribution is 2.36. The Labute approximate surface area is 107 Å². The average Bonchev–Trinajstić information content (AvgIpc) is 2.14. The fraction of sp³-hybridized carbons (Fsp3) is 0.222. The summed E-state index contributed by atoms with van der Waals surface area (Å²) < 4.78 is 0.899. The van der Waals surface area contributed by atoms with Gasteiger partial charge in [-0.15, -0.1) is 0 Å². The Morgan fingerprint density at radius 3 is 2.27 bits per heavy atom. The molecule has 0 aliphatic rings. The van der Waals surface area contributed by atoms with E-state index in [-0.39, 0.29) is 5.91 Å². The number of halogens is 3. The zero-order chi connectivity index (χ0) is 11.5. The molecule has 0 aromatic heterocycles. The number of hydrogen-bond acceptors (Lipinski definition) is 2. The Hall–Kier alpha value is -0.0900. The summed E-state index contributed by atoms with van der Waals surface area (Å²) in [4.78, 5) is 11.5. The van der Waals surface area contributed by atoms with Crippen LogP contribution in [-0.4, -0.2) is 9.03 Å². The average molecular weight is 285 g/mol. The topological polar surface area (TPSA) is 29.1 Å². The molecule has 1 amide bonds. The molecule has 1 aromatic rings. The van der Waals surface area contributed by atoms with Crippen LogP contribution in [0.25, 0.3) is 0 Å². The van der Waals surface area contributed by atoms with Crippen molar-refractivity contribution >= 4 is 52.7 Å². The van der Waals surface area contributed by atoms with E-state index in [4.69, 9.17) is 34.8 Å². The van der Waals surface area contributed by atoms with Gasteiger partial charge in [-0.1, -0.05) is 52.5 Å². The molecule has 1 rings (SSSR count). The van der Waals surface area contributed by atoms with E-state index < -0.39 is 3.12 Å². The van der Waals surface area contributed by atoms with Gasteiger partial charge < -0.3 is 0 Å². The van der Waals surface area contributed by atoms with E-state index in [1.165, 1.54) is 0 Å². The number of amides is 1. The molecule has 0 aliphatic heterocycles. The van der Waals surface area contributed by atoms with Gasteiger partial charge in [-0.05, 0) is 19.1 Å². The van der Waals surface area contributed by atoms with E-state index in [0.29, 0.717) is 5.56 Å². The van der Waals surface area contributed by atoms with Crippen molar-refractivity contribution in [1.29, 1.82) is 0 Å². The largest absolute Gasteiger partial charge is 0.292 e. The number of aryl methyl sites for hydroxylation is 1. The van der Waals surface area contributed by atoms with Gasteiger partial charge in [0.15, 0.2) is 0 Å². The van der Waals surface area contributed by atoms with Gasteiger partial charge in [0.05, 0.1) is 0 Å². The molecule has 6 heteroatoms. The van der Waals surface area contributed by atoms with Crippen molar-refractivity contribution < 1.29 is 4.79 Å². The van der Waals surface area contributed by atoms with Crippen LogP contribution in [0.15, 0.2) is 24.3 Å². The first-order valence-corrected chi connectivity index (χ1v) is 5.95. The van der Waals surface area contributed by atoms with Crippen LogP contribution in [-0.2, 0) is 0 Å². The van der Waals surface area contributed by atoms with E-state index in [1.54, 1.807) is 12.1 Å². The molecule has 0 unspecified atom stereocenters. The Bertz CT molecular complexity index is 347. The van der Waals surface area contributed by atoms with Crippen LogP contribution in [0.5, 0.6) is 0 Å². The Balaban J connectivity index is 2.58. The van der Waals surface area contributed by atoms with E-state index in [0.717, 1.165) is 17.5 Å². The van der Waals surface area contributed by atoms with E-state index in [2.05, 4.69) is 4.72 Å². The van der Waals surface area contributed by atoms with Crippen molar-refractivity contribution in [1.82, 2.24) is 4.72 Å². The molecule has 0 spiro atoms. The molecule has 82 valence electrons. The molecule has 0 atom stereocenters. The number of carbonyl (C=O) groups excluding carboxylic acids is 1. The van der Waals surface area contributed by atoms with Crippen LogP contribution in [0.1, 0.15) is 15.9 Å². The molecule has 0 aliphatic carbocycles. The molecule has 0 radical (unpaired) electrons. The lowest BCUT2D eigenvalue weighted by Crippen LogP contribution is -2.19. The quantitative estimate of drug-likeness (QED) is 0.663. The fourth-order valence-corrected chi connectivity index (χ4v) is 1.54. The molecule has 0 saturated carbocycles. The molecular weight excluding hydrogens is 277 g/mol. The monoisotopic (exact) mass is 283 g/mol. The minimum atomic E-state index is -1.54. The lowest BCUT2D eigenvalue weighted by molar-refractivity contribution is 0.0984. The zero-order valence-electron chi connectivity index (χ0n) is 7.76. The maximum absolute atomic E-state index is 11.5. The predicted molar refractivity (Wildman–Crippen MR) is 66.5 cm³/mol. The first-order chi connectivity index (χ1) is 6.88. The number of alkyl halides is 3. The van der Waals surface area contributed by atoms with Crippen molar-refractivity contribution in [3.8, 4) is 0 Å². The summed E-state index contributed by atoms with van der Waals surface area (Å²) in [7, 11) is 0. The van der Waals surface area contributed by atoms with Gasteiger partial charge >= 0.3 is 0 Å². The van der Waals surface area contributed by atoms with E-state index in [1.807, 2.05) is 19.1 Å². The Morgan fingerprint density at radius 1 is 1.27 bits per heavy atom. The minimum Gasteiger partial charge on any atom is -0.292 e. The van der Waals surface area contributed by atoms with Gasteiger partial charge in [0.1, 0.15) is 0 Å². The van der Waals surface area contributed by atoms with Crippen molar-refractivity contribution in [3.05, 3.63) is 35.4 Å². The summed E-state index contributed by atoms with van der Waals surface area (Å²) in [6.45, 7) is 1.94. The summed E-state index contributed by atoms with van der Waals surface area (Å²) >= 11 is 17.1. The van der Waals surface area contributed by atoms with Crippen molar-refractivity contribution in [2.75, 3.05) is 0 Å². The van der Waals surface area contributed by atoms with Gasteiger partial charge in [0, 0.05) is 17.5 Å². The van der Waals surface area contributed by atoms with E-state index >= 15 is 0 Å². The highest BCUT2D eigenvalue weighted by molar-refractivity contribution is 8.03. The lowest BCUT2D eigenvalue weighted by atomic mass is 10.1. The normalized spacial score (nSPS) is 11.2. The minimum absolute atomic E-state index is 0.286. The van der Waals surface area contributed by atoms with Crippen LogP contribution >= 0.6 is 46.8 Å². The summed E-state index contributed by atoms with van der Waals surface area (Å²) in [5.74, 6) is -0.286. The van der Waals surface area contributed by atoms with Crippen molar-refractivity contribution in [2.24, 2.45) is 0 Å². The van der Waals surface area contributed by atoms with Crippen LogP contribution < -0.4 is 4.72 Å². The van der Waals surface area contributed by atoms with Gasteiger partial charge in [-0.25, -0.2) is 0 Å². The molecule has 1 aromatic carbocycles. The maximum Gasteiger partial charge on any atom is 0.261 e. The smallest absolute Gasteiger partial charge is 0.261 e. The highest BCUT2D eigenvalue weighted by Gasteiger charge is 2.22. The first-order valence-electron chi connectivity index (χ1n) is 4.00. The maximum atomic E-state index is 11.5. The van der Waals surface area contributed by atoms with Crippen LogP contribution in [0, 0.1) is 6.92 Å². The second-order valence-corrected chi connectivity index (χ2v) is 6.82. The van der Waals surface area contributed by atoms with Crippen molar-refractivity contribution in [3.63, 3.8) is 0 Å². The SMILES string of the molecule is Cc1ccc(C(=O)NSC(Cl)(Cl)Cl)cc1. The van der Waals surface area contributed by atoms with Crippen molar-refractivity contribution in [2.45, 2.75) is 10.0 Å². The van der Waals surface area contributed by atoms with E-state index in [9.17, 15) is 4.79 Å². The Morgan fingerprint density at radius 2 is 1.80 bits per heavy atom. The summed E-state index contributed by atoms with van der Waals surface area (Å²) in [5, 5.41) is 0. The third-order valence-electron chi connectivity index (χ3n) is 1.57. The summed E-state index contributed by atoms with van der Waals surface area (Å²) in [6.07, 6.45) is 0. The number of benzene rings is 1. The predicted octanol–water partition coefficient (Wildman–Crippen LogP) is 3.70. The molecule has 0 saturated heterocycles. The van der Waals surface area contributed by atoms with Crippen LogP contribution in [0.3, 0.4) is 0 Å². The van der Waals surface area contributed by atoms with Gasteiger partial charge in [0.2, 0.25) is 0 Å².